The maximum atomic E-state index is 12.7. The van der Waals surface area contributed by atoms with E-state index in [-0.39, 0.29) is 28.2 Å². The van der Waals surface area contributed by atoms with E-state index in [0.717, 1.165) is 6.07 Å². The maximum Gasteiger partial charge on any atom is 0.425 e. The van der Waals surface area contributed by atoms with Crippen LogP contribution in [0, 0.1) is 0 Å². The zero-order chi connectivity index (χ0) is 15.1. The van der Waals surface area contributed by atoms with Crippen molar-refractivity contribution in [1.29, 1.82) is 0 Å². The molecule has 0 spiro atoms. The van der Waals surface area contributed by atoms with Gasteiger partial charge in [0.25, 0.3) is 5.91 Å². The number of alkyl halides is 3. The zero-order valence-corrected chi connectivity index (χ0v) is 11.0. The summed E-state index contributed by atoms with van der Waals surface area (Å²) in [5, 5.41) is 9.27. The summed E-state index contributed by atoms with van der Waals surface area (Å²) in [7, 11) is 0. The van der Waals surface area contributed by atoms with Crippen molar-refractivity contribution >= 4 is 27.5 Å². The standard InChI is InChI=1S/C11H10F3N3O2S/c1-4(18)2-7-16-5-3-6(11(12,13)14)20-9(5)8(17-7)10(15)19/h3-4,18H,2H2,1H3,(H2,15,19)/t4-/m0/s1. The van der Waals surface area contributed by atoms with Gasteiger partial charge in [0, 0.05) is 6.42 Å². The number of hydrogen-bond acceptors (Lipinski definition) is 5. The van der Waals surface area contributed by atoms with Crippen molar-refractivity contribution in [3.05, 3.63) is 22.5 Å². The SMILES string of the molecule is C[C@H](O)Cc1nc(C(N)=O)c2sc(C(F)(F)F)cc2n1. The highest BCUT2D eigenvalue weighted by Crippen LogP contribution is 2.38. The fourth-order valence-corrected chi connectivity index (χ4v) is 2.60. The number of nitrogens with zero attached hydrogens (tertiary/aromatic N) is 2. The lowest BCUT2D eigenvalue weighted by Crippen LogP contribution is -2.16. The maximum absolute atomic E-state index is 12.7. The number of carbonyl (C=O) groups is 1. The molecule has 0 aromatic carbocycles. The lowest BCUT2D eigenvalue weighted by Gasteiger charge is -2.04. The Labute approximate surface area is 115 Å². The van der Waals surface area contributed by atoms with Gasteiger partial charge >= 0.3 is 6.18 Å². The van der Waals surface area contributed by atoms with E-state index in [1.807, 2.05) is 0 Å². The van der Waals surface area contributed by atoms with E-state index in [9.17, 15) is 23.1 Å². The second-order valence-corrected chi connectivity index (χ2v) is 5.28. The Kier molecular flexibility index (Phi) is 3.65. The third-order valence-electron chi connectivity index (χ3n) is 2.41. The first-order chi connectivity index (χ1) is 9.18. The van der Waals surface area contributed by atoms with Crippen LogP contribution in [0.1, 0.15) is 28.1 Å². The molecule has 5 nitrogen and oxygen atoms in total. The highest BCUT2D eigenvalue weighted by atomic mass is 32.1. The van der Waals surface area contributed by atoms with Crippen LogP contribution in [0.5, 0.6) is 0 Å². The normalized spacial score (nSPS) is 13.7. The molecular weight excluding hydrogens is 295 g/mol. The topological polar surface area (TPSA) is 89.1 Å². The number of carbonyl (C=O) groups excluding carboxylic acids is 1. The monoisotopic (exact) mass is 305 g/mol. The molecule has 2 rings (SSSR count). The predicted octanol–water partition coefficient (Wildman–Crippen LogP) is 1.73. The van der Waals surface area contributed by atoms with Crippen molar-refractivity contribution in [3.8, 4) is 0 Å². The van der Waals surface area contributed by atoms with Crippen molar-refractivity contribution in [2.24, 2.45) is 5.73 Å². The number of hydrogen-bond donors (Lipinski definition) is 2. The van der Waals surface area contributed by atoms with E-state index in [1.54, 1.807) is 0 Å². The number of nitrogens with two attached hydrogens (primary N) is 1. The minimum absolute atomic E-state index is 0.000771. The van der Waals surface area contributed by atoms with Crippen LogP contribution in [0.15, 0.2) is 6.07 Å². The minimum atomic E-state index is -4.52. The number of aliphatic hydroxyl groups excluding tert-OH is 1. The summed E-state index contributed by atoms with van der Waals surface area (Å²) >= 11 is 0.373. The molecule has 2 aromatic heterocycles. The van der Waals surface area contributed by atoms with Crippen LogP contribution in [0.3, 0.4) is 0 Å². The van der Waals surface area contributed by atoms with Gasteiger partial charge in [0.2, 0.25) is 0 Å². The molecule has 0 saturated heterocycles. The van der Waals surface area contributed by atoms with E-state index in [4.69, 9.17) is 5.73 Å². The number of aromatic nitrogens is 2. The van der Waals surface area contributed by atoms with Gasteiger partial charge in [-0.2, -0.15) is 13.2 Å². The van der Waals surface area contributed by atoms with Gasteiger partial charge in [0.15, 0.2) is 0 Å². The van der Waals surface area contributed by atoms with Crippen molar-refractivity contribution in [3.63, 3.8) is 0 Å². The van der Waals surface area contributed by atoms with Crippen LogP contribution < -0.4 is 5.73 Å². The molecule has 3 N–H and O–H groups in total. The Morgan fingerprint density at radius 3 is 2.65 bits per heavy atom. The number of halogens is 3. The first kappa shape index (κ1) is 14.7. The fourth-order valence-electron chi connectivity index (χ4n) is 1.64. The minimum Gasteiger partial charge on any atom is -0.393 e. The van der Waals surface area contributed by atoms with Gasteiger partial charge in [-0.05, 0) is 13.0 Å². The average Bonchev–Trinajstić information content (AvgIpc) is 2.69. The summed E-state index contributed by atoms with van der Waals surface area (Å²) < 4.78 is 38.0. The van der Waals surface area contributed by atoms with Crippen molar-refractivity contribution < 1.29 is 23.1 Å². The van der Waals surface area contributed by atoms with Gasteiger partial charge in [-0.1, -0.05) is 0 Å². The molecule has 9 heteroatoms. The molecule has 0 aliphatic heterocycles. The van der Waals surface area contributed by atoms with Crippen molar-refractivity contribution in [2.75, 3.05) is 0 Å². The molecule has 0 saturated carbocycles. The number of rotatable bonds is 3. The van der Waals surface area contributed by atoms with Crippen LogP contribution >= 0.6 is 11.3 Å². The summed E-state index contributed by atoms with van der Waals surface area (Å²) in [6.45, 7) is 1.48. The van der Waals surface area contributed by atoms with Crippen molar-refractivity contribution in [1.82, 2.24) is 9.97 Å². The molecule has 0 aliphatic rings. The molecule has 0 fully saturated rings. The lowest BCUT2D eigenvalue weighted by molar-refractivity contribution is -0.134. The van der Waals surface area contributed by atoms with Crippen molar-refractivity contribution in [2.45, 2.75) is 25.6 Å². The smallest absolute Gasteiger partial charge is 0.393 e. The summed E-state index contributed by atoms with van der Waals surface area (Å²) in [6.07, 6.45) is -5.29. The number of thiophene rings is 1. The van der Waals surface area contributed by atoms with Crippen LogP contribution in [-0.2, 0) is 12.6 Å². The van der Waals surface area contributed by atoms with Gasteiger partial charge in [0.05, 0.1) is 16.3 Å². The Bertz CT molecular complexity index is 667. The quantitative estimate of drug-likeness (QED) is 0.904. The van der Waals surface area contributed by atoms with E-state index in [1.165, 1.54) is 6.92 Å². The van der Waals surface area contributed by atoms with Gasteiger partial charge in [-0.25, -0.2) is 9.97 Å². The third-order valence-corrected chi connectivity index (χ3v) is 3.58. The van der Waals surface area contributed by atoms with E-state index < -0.39 is 23.1 Å². The second-order valence-electron chi connectivity index (χ2n) is 4.23. The molecule has 0 bridgehead atoms. The van der Waals surface area contributed by atoms with Crippen LogP contribution in [0.2, 0.25) is 0 Å². The number of primary amides is 1. The van der Waals surface area contributed by atoms with Crippen LogP contribution in [0.4, 0.5) is 13.2 Å². The molecule has 0 radical (unpaired) electrons. The van der Waals surface area contributed by atoms with E-state index >= 15 is 0 Å². The molecular formula is C11H10F3N3O2S. The molecule has 2 heterocycles. The summed E-state index contributed by atoms with van der Waals surface area (Å²) in [6, 6.07) is 0.847. The molecule has 1 atom stereocenters. The lowest BCUT2D eigenvalue weighted by atomic mass is 10.2. The average molecular weight is 305 g/mol. The second kappa shape index (κ2) is 4.98. The highest BCUT2D eigenvalue weighted by molar-refractivity contribution is 7.19. The number of fused-ring (bicyclic) bond motifs is 1. The summed E-state index contributed by atoms with van der Waals surface area (Å²) in [5.74, 6) is -0.854. The number of aliphatic hydroxyl groups is 1. The molecule has 2 aromatic rings. The Hall–Kier alpha value is -1.74. The summed E-state index contributed by atoms with van der Waals surface area (Å²) in [4.78, 5) is 18.2. The summed E-state index contributed by atoms with van der Waals surface area (Å²) in [5.41, 5.74) is 4.88. The Balaban J connectivity index is 2.65. The van der Waals surface area contributed by atoms with E-state index in [2.05, 4.69) is 9.97 Å². The molecule has 20 heavy (non-hydrogen) atoms. The number of amides is 1. The van der Waals surface area contributed by atoms with Crippen LogP contribution in [0.25, 0.3) is 10.2 Å². The Morgan fingerprint density at radius 2 is 2.15 bits per heavy atom. The van der Waals surface area contributed by atoms with Gasteiger partial charge < -0.3 is 10.8 Å². The first-order valence-corrected chi connectivity index (χ1v) is 6.35. The fraction of sp³-hybridized carbons (Fsp3) is 0.364. The first-order valence-electron chi connectivity index (χ1n) is 5.54. The largest absolute Gasteiger partial charge is 0.425 e. The Morgan fingerprint density at radius 1 is 1.50 bits per heavy atom. The molecule has 0 aliphatic carbocycles. The van der Waals surface area contributed by atoms with Gasteiger partial charge in [0.1, 0.15) is 16.4 Å². The third kappa shape index (κ3) is 2.88. The van der Waals surface area contributed by atoms with Crippen LogP contribution in [-0.4, -0.2) is 27.1 Å². The van der Waals surface area contributed by atoms with Gasteiger partial charge in [-0.15, -0.1) is 11.3 Å². The predicted molar refractivity (Wildman–Crippen MR) is 66.3 cm³/mol. The zero-order valence-electron chi connectivity index (χ0n) is 10.2. The highest BCUT2D eigenvalue weighted by Gasteiger charge is 2.34. The molecule has 108 valence electrons. The molecule has 1 amide bonds. The molecule has 0 unspecified atom stereocenters. The van der Waals surface area contributed by atoms with E-state index in [0.29, 0.717) is 11.3 Å². The van der Waals surface area contributed by atoms with Gasteiger partial charge in [-0.3, -0.25) is 4.79 Å².